The molecule has 0 bridgehead atoms. The molecule has 1 aromatic heterocycles. The zero-order valence-corrected chi connectivity index (χ0v) is 22.0. The topological polar surface area (TPSA) is 54.2 Å². The molecule has 2 atom stereocenters. The van der Waals surface area contributed by atoms with Crippen LogP contribution in [-0.4, -0.2) is 37.9 Å². The van der Waals surface area contributed by atoms with E-state index in [1.54, 1.807) is 6.92 Å². The maximum atomic E-state index is 14.8. The first-order valence-electron chi connectivity index (χ1n) is 11.3. The van der Waals surface area contributed by atoms with Crippen molar-refractivity contribution in [2.24, 2.45) is 0 Å². The van der Waals surface area contributed by atoms with Gasteiger partial charge in [0.05, 0.1) is 6.54 Å². The van der Waals surface area contributed by atoms with Gasteiger partial charge in [0.25, 0.3) is 0 Å². The van der Waals surface area contributed by atoms with Crippen molar-refractivity contribution in [2.45, 2.75) is 31.7 Å². The Labute approximate surface area is 222 Å². The van der Waals surface area contributed by atoms with Gasteiger partial charge in [-0.3, -0.25) is 4.90 Å². The van der Waals surface area contributed by atoms with Gasteiger partial charge >= 0.3 is 0 Å². The highest BCUT2D eigenvalue weighted by Crippen LogP contribution is 2.32. The summed E-state index contributed by atoms with van der Waals surface area (Å²) in [6.45, 7) is 2.25. The summed E-state index contributed by atoms with van der Waals surface area (Å²) in [7, 11) is 1.85. The zero-order chi connectivity index (χ0) is 25.7. The molecule has 36 heavy (non-hydrogen) atoms. The summed E-state index contributed by atoms with van der Waals surface area (Å²) in [5.74, 6) is 4.82. The van der Waals surface area contributed by atoms with Gasteiger partial charge in [0.15, 0.2) is 0 Å². The summed E-state index contributed by atoms with van der Waals surface area (Å²) < 4.78 is 31.0. The molecule has 0 unspecified atom stereocenters. The molecule has 0 aliphatic heterocycles. The van der Waals surface area contributed by atoms with Crippen LogP contribution in [0.5, 0.6) is 0 Å². The lowest BCUT2D eigenvalue weighted by atomic mass is 9.85. The highest BCUT2D eigenvalue weighted by molar-refractivity contribution is 14.1. The second-order valence-corrected chi connectivity index (χ2v) is 9.93. The molecular formula is C28H25F2IN4O. The number of aliphatic hydroxyl groups is 1. The Kier molecular flexibility index (Phi) is 8.14. The fourth-order valence-electron chi connectivity index (χ4n) is 4.00. The van der Waals surface area contributed by atoms with Gasteiger partial charge in [-0.2, -0.15) is 5.10 Å². The maximum absolute atomic E-state index is 14.8. The summed E-state index contributed by atoms with van der Waals surface area (Å²) in [5.41, 5.74) is 1.16. The summed E-state index contributed by atoms with van der Waals surface area (Å²) in [6.07, 6.45) is 2.80. The fraction of sp³-hybridized carbons (Fsp3) is 0.214. The standard InChI is InChI=1S/C28H25F2IN4O/c1-20(28(36,17-35-19-32-18-33-35)26-14-11-24(29)15-27(26)30)34(2)16-23-7-5-21(6-8-23)3-4-22-9-12-25(31)13-10-22/h5-15,18-20,36H,16-17H2,1-2H3/t20-,28-/m1/s1. The molecule has 3 aromatic carbocycles. The van der Waals surface area contributed by atoms with Gasteiger partial charge < -0.3 is 5.11 Å². The number of rotatable bonds is 7. The third kappa shape index (κ3) is 6.16. The lowest BCUT2D eigenvalue weighted by Crippen LogP contribution is -2.50. The molecule has 8 heteroatoms. The molecule has 0 amide bonds. The number of likely N-dealkylation sites (N-methyl/N-ethyl adjacent to an activating group) is 1. The molecule has 1 heterocycles. The van der Waals surface area contributed by atoms with Crippen LogP contribution in [0.15, 0.2) is 79.4 Å². The van der Waals surface area contributed by atoms with Crippen molar-refractivity contribution in [1.82, 2.24) is 19.7 Å². The van der Waals surface area contributed by atoms with Gasteiger partial charge in [0, 0.05) is 38.9 Å². The van der Waals surface area contributed by atoms with Gasteiger partial charge in [0.2, 0.25) is 0 Å². The normalized spacial score (nSPS) is 13.6. The van der Waals surface area contributed by atoms with Crippen LogP contribution in [0.2, 0.25) is 0 Å². The van der Waals surface area contributed by atoms with Gasteiger partial charge in [-0.1, -0.05) is 30.0 Å². The molecule has 0 aliphatic rings. The number of hydrogen-bond donors (Lipinski definition) is 1. The van der Waals surface area contributed by atoms with Gasteiger partial charge in [0.1, 0.15) is 29.9 Å². The summed E-state index contributed by atoms with van der Waals surface area (Å²) in [4.78, 5) is 5.84. The number of aromatic nitrogens is 3. The zero-order valence-electron chi connectivity index (χ0n) is 19.9. The van der Waals surface area contributed by atoms with Crippen molar-refractivity contribution in [3.63, 3.8) is 0 Å². The van der Waals surface area contributed by atoms with Crippen LogP contribution in [-0.2, 0) is 18.7 Å². The second kappa shape index (κ2) is 11.3. The van der Waals surface area contributed by atoms with E-state index in [0.717, 1.165) is 32.4 Å². The Morgan fingerprint density at radius 1 is 1.03 bits per heavy atom. The average molecular weight is 598 g/mol. The molecule has 1 N–H and O–H groups in total. The van der Waals surface area contributed by atoms with Crippen LogP contribution >= 0.6 is 22.6 Å². The Balaban J connectivity index is 1.52. The third-order valence-electron chi connectivity index (χ3n) is 6.20. The molecule has 4 aromatic rings. The van der Waals surface area contributed by atoms with Crippen molar-refractivity contribution < 1.29 is 13.9 Å². The van der Waals surface area contributed by atoms with E-state index in [1.165, 1.54) is 23.4 Å². The van der Waals surface area contributed by atoms with E-state index in [1.807, 2.05) is 60.5 Å². The van der Waals surface area contributed by atoms with Gasteiger partial charge in [-0.25, -0.2) is 18.4 Å². The molecule has 184 valence electrons. The molecule has 0 saturated heterocycles. The van der Waals surface area contributed by atoms with Crippen molar-refractivity contribution >= 4 is 22.6 Å². The molecule has 5 nitrogen and oxygen atoms in total. The van der Waals surface area contributed by atoms with Gasteiger partial charge in [-0.15, -0.1) is 0 Å². The van der Waals surface area contributed by atoms with E-state index < -0.39 is 23.3 Å². The average Bonchev–Trinajstić information content (AvgIpc) is 3.36. The quantitative estimate of drug-likeness (QED) is 0.241. The molecule has 4 rings (SSSR count). The van der Waals surface area contributed by atoms with E-state index in [4.69, 9.17) is 0 Å². The minimum Gasteiger partial charge on any atom is -0.381 e. The van der Waals surface area contributed by atoms with E-state index in [-0.39, 0.29) is 12.1 Å². The Hall–Kier alpha value is -3.13. The lowest BCUT2D eigenvalue weighted by molar-refractivity contribution is -0.0591. The highest BCUT2D eigenvalue weighted by atomic mass is 127. The third-order valence-corrected chi connectivity index (χ3v) is 6.92. The van der Waals surface area contributed by atoms with Crippen LogP contribution < -0.4 is 0 Å². The number of halogens is 3. The molecule has 0 aliphatic carbocycles. The van der Waals surface area contributed by atoms with Crippen LogP contribution in [0.4, 0.5) is 8.78 Å². The van der Waals surface area contributed by atoms with Crippen molar-refractivity contribution in [1.29, 1.82) is 0 Å². The number of nitrogens with zero attached hydrogens (tertiary/aromatic N) is 4. The van der Waals surface area contributed by atoms with Crippen LogP contribution in [0.3, 0.4) is 0 Å². The SMILES string of the molecule is C[C@@H](N(C)Cc1ccc(C#Cc2ccc(I)cc2)cc1)[C@](O)(Cn1cncn1)c1ccc(F)cc1F. The van der Waals surface area contributed by atoms with E-state index in [0.29, 0.717) is 6.54 Å². The predicted molar refractivity (Wildman–Crippen MR) is 143 cm³/mol. The maximum Gasteiger partial charge on any atom is 0.137 e. The minimum atomic E-state index is -1.70. The molecular weight excluding hydrogens is 573 g/mol. The smallest absolute Gasteiger partial charge is 0.137 e. The first-order chi connectivity index (χ1) is 17.2. The predicted octanol–water partition coefficient (Wildman–Crippen LogP) is 4.97. The van der Waals surface area contributed by atoms with Gasteiger partial charge in [-0.05, 0) is 84.6 Å². The largest absolute Gasteiger partial charge is 0.381 e. The van der Waals surface area contributed by atoms with E-state index >= 15 is 0 Å². The van der Waals surface area contributed by atoms with Crippen LogP contribution in [0.1, 0.15) is 29.2 Å². The monoisotopic (exact) mass is 598 g/mol. The van der Waals surface area contributed by atoms with Crippen LogP contribution in [0, 0.1) is 27.0 Å². The molecule has 0 saturated carbocycles. The number of benzene rings is 3. The Bertz CT molecular complexity index is 1370. The van der Waals surface area contributed by atoms with Crippen molar-refractivity contribution in [2.75, 3.05) is 7.05 Å². The lowest BCUT2D eigenvalue weighted by Gasteiger charge is -2.40. The molecule has 0 radical (unpaired) electrons. The summed E-state index contributed by atoms with van der Waals surface area (Å²) >= 11 is 2.26. The van der Waals surface area contributed by atoms with Crippen molar-refractivity contribution in [3.05, 3.63) is 117 Å². The van der Waals surface area contributed by atoms with E-state index in [2.05, 4.69) is 44.5 Å². The Morgan fingerprint density at radius 3 is 2.25 bits per heavy atom. The number of hydrogen-bond acceptors (Lipinski definition) is 4. The molecule has 0 spiro atoms. The first-order valence-corrected chi connectivity index (χ1v) is 12.4. The Morgan fingerprint density at radius 2 is 1.67 bits per heavy atom. The molecule has 0 fully saturated rings. The second-order valence-electron chi connectivity index (χ2n) is 8.69. The summed E-state index contributed by atoms with van der Waals surface area (Å²) in [5, 5.41) is 15.8. The first kappa shape index (κ1) is 25.9. The van der Waals surface area contributed by atoms with E-state index in [9.17, 15) is 13.9 Å². The minimum absolute atomic E-state index is 0.0000261. The summed E-state index contributed by atoms with van der Waals surface area (Å²) in [6, 6.07) is 18.6. The fourth-order valence-corrected chi connectivity index (χ4v) is 4.36. The van der Waals surface area contributed by atoms with Crippen molar-refractivity contribution in [3.8, 4) is 11.8 Å². The highest BCUT2D eigenvalue weighted by Gasteiger charge is 2.41. The van der Waals surface area contributed by atoms with Crippen LogP contribution in [0.25, 0.3) is 0 Å².